The van der Waals surface area contributed by atoms with Gasteiger partial charge in [0, 0.05) is 28.5 Å². The molecule has 0 unspecified atom stereocenters. The lowest BCUT2D eigenvalue weighted by Crippen LogP contribution is -2.41. The van der Waals surface area contributed by atoms with Gasteiger partial charge in [0.15, 0.2) is 0 Å². The first-order chi connectivity index (χ1) is 9.60. The van der Waals surface area contributed by atoms with Crippen molar-refractivity contribution < 1.29 is 13.9 Å². The van der Waals surface area contributed by atoms with Crippen LogP contribution in [-0.2, 0) is 4.74 Å². The second-order valence-electron chi connectivity index (χ2n) is 4.71. The third-order valence-corrected chi connectivity index (χ3v) is 4.05. The molecule has 1 heterocycles. The molecule has 1 amide bonds. The van der Waals surface area contributed by atoms with E-state index in [9.17, 15) is 9.18 Å². The summed E-state index contributed by atoms with van der Waals surface area (Å²) in [6.45, 7) is 2.00. The summed E-state index contributed by atoms with van der Waals surface area (Å²) in [5, 5.41) is 0.823. The van der Waals surface area contributed by atoms with Crippen LogP contribution in [0.3, 0.4) is 0 Å². The lowest BCUT2D eigenvalue weighted by atomic mass is 10.1. The van der Waals surface area contributed by atoms with Gasteiger partial charge in [0.1, 0.15) is 5.82 Å². The molecule has 0 bridgehead atoms. The molecular weight excluding hydrogens is 393 g/mol. The average molecular weight is 409 g/mol. The molecule has 1 saturated heterocycles. The van der Waals surface area contributed by atoms with Gasteiger partial charge in [-0.15, -0.1) is 0 Å². The lowest BCUT2D eigenvalue weighted by molar-refractivity contribution is 0.0160. The highest BCUT2D eigenvalue weighted by Crippen LogP contribution is 2.20. The second-order valence-corrected chi connectivity index (χ2v) is 6.42. The number of likely N-dealkylation sites (tertiary alicyclic amines) is 1. The minimum absolute atomic E-state index is 0.121. The van der Waals surface area contributed by atoms with Gasteiger partial charge in [-0.2, -0.15) is 0 Å². The quantitative estimate of drug-likeness (QED) is 0.712. The van der Waals surface area contributed by atoms with Gasteiger partial charge in [0.25, 0.3) is 5.91 Å². The topological polar surface area (TPSA) is 29.5 Å². The minimum atomic E-state index is -0.404. The first kappa shape index (κ1) is 15.9. The molecule has 0 atom stereocenters. The standard InChI is InChI=1S/C14H16Br2FNO2/c15-3-6-20-13-1-4-18(5-2-13)14(19)10-7-11(16)9-12(17)8-10/h7-9,13H,1-6H2. The van der Waals surface area contributed by atoms with Gasteiger partial charge in [0.05, 0.1) is 12.7 Å². The van der Waals surface area contributed by atoms with Crippen LogP contribution < -0.4 is 0 Å². The summed E-state index contributed by atoms with van der Waals surface area (Å²) >= 11 is 6.53. The number of rotatable bonds is 4. The summed E-state index contributed by atoms with van der Waals surface area (Å²) in [4.78, 5) is 14.1. The number of nitrogens with zero attached hydrogens (tertiary/aromatic N) is 1. The Labute approximate surface area is 134 Å². The summed E-state index contributed by atoms with van der Waals surface area (Å²) < 4.78 is 19.6. The Bertz CT molecular complexity index is 456. The molecule has 1 aromatic rings. The third-order valence-electron chi connectivity index (χ3n) is 3.27. The summed E-state index contributed by atoms with van der Waals surface area (Å²) in [7, 11) is 0. The number of benzene rings is 1. The fraction of sp³-hybridized carbons (Fsp3) is 0.500. The van der Waals surface area contributed by atoms with E-state index in [1.54, 1.807) is 11.0 Å². The first-order valence-corrected chi connectivity index (χ1v) is 8.44. The zero-order valence-electron chi connectivity index (χ0n) is 10.9. The van der Waals surface area contributed by atoms with Crippen LogP contribution in [0.15, 0.2) is 22.7 Å². The van der Waals surface area contributed by atoms with Gasteiger partial charge in [-0.1, -0.05) is 31.9 Å². The molecule has 3 nitrogen and oxygen atoms in total. The smallest absolute Gasteiger partial charge is 0.253 e. The van der Waals surface area contributed by atoms with Crippen LogP contribution in [0.2, 0.25) is 0 Å². The van der Waals surface area contributed by atoms with E-state index >= 15 is 0 Å². The highest BCUT2D eigenvalue weighted by Gasteiger charge is 2.24. The molecule has 0 radical (unpaired) electrons. The summed E-state index contributed by atoms with van der Waals surface area (Å²) in [6.07, 6.45) is 1.88. The van der Waals surface area contributed by atoms with Crippen LogP contribution >= 0.6 is 31.9 Å². The molecule has 0 aromatic heterocycles. The summed E-state index contributed by atoms with van der Waals surface area (Å²) in [5.74, 6) is -0.526. The molecular formula is C14H16Br2FNO2. The minimum Gasteiger partial charge on any atom is -0.377 e. The van der Waals surface area contributed by atoms with E-state index in [-0.39, 0.29) is 12.0 Å². The van der Waals surface area contributed by atoms with Crippen LogP contribution in [0.5, 0.6) is 0 Å². The van der Waals surface area contributed by atoms with E-state index in [4.69, 9.17) is 4.74 Å². The molecule has 1 fully saturated rings. The number of alkyl halides is 1. The van der Waals surface area contributed by atoms with E-state index in [0.29, 0.717) is 29.7 Å². The number of ether oxygens (including phenoxy) is 1. The summed E-state index contributed by atoms with van der Waals surface area (Å²) in [6, 6.07) is 4.27. The van der Waals surface area contributed by atoms with Crippen molar-refractivity contribution in [2.75, 3.05) is 25.0 Å². The van der Waals surface area contributed by atoms with Crippen molar-refractivity contribution in [1.29, 1.82) is 0 Å². The Morgan fingerprint density at radius 1 is 1.35 bits per heavy atom. The van der Waals surface area contributed by atoms with E-state index in [2.05, 4.69) is 31.9 Å². The van der Waals surface area contributed by atoms with Gasteiger partial charge in [-0.05, 0) is 31.0 Å². The van der Waals surface area contributed by atoms with Crippen LogP contribution in [0.25, 0.3) is 0 Å². The highest BCUT2D eigenvalue weighted by atomic mass is 79.9. The highest BCUT2D eigenvalue weighted by molar-refractivity contribution is 9.10. The van der Waals surface area contributed by atoms with Crippen molar-refractivity contribution in [3.8, 4) is 0 Å². The zero-order chi connectivity index (χ0) is 14.5. The largest absolute Gasteiger partial charge is 0.377 e. The Morgan fingerprint density at radius 2 is 2.05 bits per heavy atom. The van der Waals surface area contributed by atoms with Crippen molar-refractivity contribution in [2.45, 2.75) is 18.9 Å². The SMILES string of the molecule is O=C(c1cc(F)cc(Br)c1)N1CCC(OCCBr)CC1. The van der Waals surface area contributed by atoms with E-state index in [0.717, 1.165) is 18.2 Å². The molecule has 1 aliphatic heterocycles. The Morgan fingerprint density at radius 3 is 2.65 bits per heavy atom. The lowest BCUT2D eigenvalue weighted by Gasteiger charge is -2.32. The Kier molecular flexibility index (Phi) is 5.99. The fourth-order valence-electron chi connectivity index (χ4n) is 2.30. The number of piperidine rings is 1. The maximum atomic E-state index is 13.3. The molecule has 0 spiro atoms. The van der Waals surface area contributed by atoms with Crippen molar-refractivity contribution in [3.63, 3.8) is 0 Å². The van der Waals surface area contributed by atoms with Crippen molar-refractivity contribution in [3.05, 3.63) is 34.1 Å². The molecule has 0 N–H and O–H groups in total. The van der Waals surface area contributed by atoms with E-state index < -0.39 is 5.82 Å². The average Bonchev–Trinajstić information content (AvgIpc) is 2.44. The molecule has 1 aromatic carbocycles. The second kappa shape index (κ2) is 7.52. The number of amides is 1. The van der Waals surface area contributed by atoms with Crippen molar-refractivity contribution in [2.24, 2.45) is 0 Å². The predicted octanol–water partition coefficient (Wildman–Crippen LogP) is 3.60. The molecule has 1 aliphatic rings. The van der Waals surface area contributed by atoms with Crippen LogP contribution in [0.1, 0.15) is 23.2 Å². The normalized spacial score (nSPS) is 16.4. The number of hydrogen-bond acceptors (Lipinski definition) is 2. The summed E-state index contributed by atoms with van der Waals surface area (Å²) in [5.41, 5.74) is 0.386. The van der Waals surface area contributed by atoms with Crippen molar-refractivity contribution >= 4 is 37.8 Å². The van der Waals surface area contributed by atoms with Crippen molar-refractivity contribution in [1.82, 2.24) is 4.90 Å². The molecule has 110 valence electrons. The fourth-order valence-corrected chi connectivity index (χ4v) is 2.95. The molecule has 0 aliphatic carbocycles. The van der Waals surface area contributed by atoms with Crippen LogP contribution in [0.4, 0.5) is 4.39 Å². The molecule has 2 rings (SSSR count). The maximum Gasteiger partial charge on any atom is 0.253 e. The Balaban J connectivity index is 1.94. The zero-order valence-corrected chi connectivity index (χ0v) is 14.1. The number of carbonyl (C=O) groups is 1. The first-order valence-electron chi connectivity index (χ1n) is 6.53. The van der Waals surface area contributed by atoms with Gasteiger partial charge >= 0.3 is 0 Å². The molecule has 0 saturated carbocycles. The van der Waals surface area contributed by atoms with E-state index in [1.807, 2.05) is 0 Å². The molecule has 20 heavy (non-hydrogen) atoms. The van der Waals surface area contributed by atoms with Gasteiger partial charge < -0.3 is 9.64 Å². The predicted molar refractivity (Wildman–Crippen MR) is 82.8 cm³/mol. The van der Waals surface area contributed by atoms with Crippen LogP contribution in [0, 0.1) is 5.82 Å². The van der Waals surface area contributed by atoms with Gasteiger partial charge in [-0.3, -0.25) is 4.79 Å². The number of carbonyl (C=O) groups excluding carboxylic acids is 1. The van der Waals surface area contributed by atoms with Gasteiger partial charge in [0.2, 0.25) is 0 Å². The third kappa shape index (κ3) is 4.27. The number of hydrogen-bond donors (Lipinski definition) is 0. The maximum absolute atomic E-state index is 13.3. The molecule has 6 heteroatoms. The number of halogens is 3. The van der Waals surface area contributed by atoms with Crippen LogP contribution in [-0.4, -0.2) is 41.9 Å². The van der Waals surface area contributed by atoms with Gasteiger partial charge in [-0.25, -0.2) is 4.39 Å². The Hall–Kier alpha value is -0.460. The monoisotopic (exact) mass is 407 g/mol. The van der Waals surface area contributed by atoms with E-state index in [1.165, 1.54) is 12.1 Å².